The lowest BCUT2D eigenvalue weighted by Crippen LogP contribution is -2.39. The van der Waals surface area contributed by atoms with E-state index < -0.39 is 0 Å². The van der Waals surface area contributed by atoms with Crippen molar-refractivity contribution in [3.05, 3.63) is 11.8 Å². The van der Waals surface area contributed by atoms with Crippen molar-refractivity contribution in [3.63, 3.8) is 0 Å². The predicted molar refractivity (Wildman–Crippen MR) is 83.3 cm³/mol. The van der Waals surface area contributed by atoms with Gasteiger partial charge in [0.05, 0.1) is 6.61 Å². The highest BCUT2D eigenvalue weighted by atomic mass is 16.5. The molecule has 0 bridgehead atoms. The Kier molecular flexibility index (Phi) is 7.30. The van der Waals surface area contributed by atoms with Crippen LogP contribution in [-0.2, 0) is 0 Å². The smallest absolute Gasteiger partial charge is 0.229 e. The highest BCUT2D eigenvalue weighted by Crippen LogP contribution is 2.20. The first-order valence-corrected chi connectivity index (χ1v) is 7.61. The second-order valence-electron chi connectivity index (χ2n) is 4.95. The number of rotatable bonds is 9. The number of aryl methyl sites for hydroxylation is 1. The van der Waals surface area contributed by atoms with Gasteiger partial charge in [-0.15, -0.1) is 0 Å². The van der Waals surface area contributed by atoms with Crippen LogP contribution >= 0.6 is 0 Å². The van der Waals surface area contributed by atoms with Gasteiger partial charge in [-0.2, -0.15) is 4.98 Å². The summed E-state index contributed by atoms with van der Waals surface area (Å²) in [6.45, 7) is 10.5. The number of ether oxygens (including phenoxy) is 1. The molecule has 0 atom stereocenters. The summed E-state index contributed by atoms with van der Waals surface area (Å²) in [5, 5.41) is 0. The van der Waals surface area contributed by atoms with Gasteiger partial charge in [0.1, 0.15) is 0 Å². The van der Waals surface area contributed by atoms with Crippen molar-refractivity contribution >= 4 is 5.95 Å². The van der Waals surface area contributed by atoms with Gasteiger partial charge in [-0.3, -0.25) is 0 Å². The highest BCUT2D eigenvalue weighted by molar-refractivity contribution is 5.35. The van der Waals surface area contributed by atoms with Crippen molar-refractivity contribution in [2.24, 2.45) is 5.73 Å². The Bertz CT molecular complexity index is 393. The number of nitrogens with two attached hydrogens (primary N) is 1. The zero-order chi connectivity index (χ0) is 15.0. The Labute approximate surface area is 122 Å². The number of hydrogen-bond acceptors (Lipinski definition) is 5. The lowest BCUT2D eigenvalue weighted by molar-refractivity contribution is 0.304. The highest BCUT2D eigenvalue weighted by Gasteiger charge is 2.18. The average molecular weight is 280 g/mol. The number of nitrogens with zero attached hydrogens (tertiary/aromatic N) is 3. The van der Waals surface area contributed by atoms with E-state index in [2.05, 4.69) is 35.6 Å². The van der Waals surface area contributed by atoms with Crippen LogP contribution in [0.2, 0.25) is 0 Å². The lowest BCUT2D eigenvalue weighted by atomic mass is 10.1. The summed E-state index contributed by atoms with van der Waals surface area (Å²) in [7, 11) is 0. The van der Waals surface area contributed by atoms with Crippen LogP contribution in [0.25, 0.3) is 0 Å². The third-order valence-electron chi connectivity index (χ3n) is 3.28. The van der Waals surface area contributed by atoms with E-state index in [9.17, 15) is 0 Å². The quantitative estimate of drug-likeness (QED) is 0.753. The minimum absolute atomic E-state index is 0.416. The Balaban J connectivity index is 3.02. The largest absolute Gasteiger partial charge is 0.478 e. The first-order valence-electron chi connectivity index (χ1n) is 7.61. The van der Waals surface area contributed by atoms with Crippen LogP contribution in [0.3, 0.4) is 0 Å². The summed E-state index contributed by atoms with van der Waals surface area (Å²) in [5.74, 6) is 1.39. The molecular weight excluding hydrogens is 252 g/mol. The molecule has 2 N–H and O–H groups in total. The van der Waals surface area contributed by atoms with Crippen molar-refractivity contribution in [3.8, 4) is 5.88 Å². The van der Waals surface area contributed by atoms with Crippen LogP contribution in [0, 0.1) is 6.92 Å². The van der Waals surface area contributed by atoms with Crippen LogP contribution in [-0.4, -0.2) is 35.7 Å². The minimum atomic E-state index is 0.416. The van der Waals surface area contributed by atoms with Crippen LogP contribution in [0.5, 0.6) is 5.88 Å². The molecule has 1 heterocycles. The molecule has 1 rings (SSSR count). The summed E-state index contributed by atoms with van der Waals surface area (Å²) in [6, 6.07) is 2.30. The molecule has 5 heteroatoms. The van der Waals surface area contributed by atoms with E-state index in [1.54, 1.807) is 0 Å². The van der Waals surface area contributed by atoms with E-state index in [1.165, 1.54) is 0 Å². The molecule has 0 saturated carbocycles. The van der Waals surface area contributed by atoms with Gasteiger partial charge >= 0.3 is 0 Å². The normalized spacial score (nSPS) is 10.9. The van der Waals surface area contributed by atoms with Crippen LogP contribution in [0.1, 0.15) is 45.7 Å². The average Bonchev–Trinajstić information content (AvgIpc) is 2.44. The molecule has 0 saturated heterocycles. The van der Waals surface area contributed by atoms with Crippen molar-refractivity contribution in [2.45, 2.75) is 53.0 Å². The van der Waals surface area contributed by atoms with Gasteiger partial charge in [0, 0.05) is 30.9 Å². The molecule has 0 unspecified atom stereocenters. The number of aromatic nitrogens is 2. The van der Waals surface area contributed by atoms with Gasteiger partial charge in [0.2, 0.25) is 11.8 Å². The Hall–Kier alpha value is -1.36. The minimum Gasteiger partial charge on any atom is -0.478 e. The molecule has 0 aliphatic heterocycles. The molecule has 1 aromatic heterocycles. The van der Waals surface area contributed by atoms with Crippen molar-refractivity contribution < 1.29 is 4.74 Å². The van der Waals surface area contributed by atoms with Crippen molar-refractivity contribution in [2.75, 3.05) is 24.6 Å². The van der Waals surface area contributed by atoms with Crippen molar-refractivity contribution in [1.29, 1.82) is 0 Å². The molecule has 0 amide bonds. The van der Waals surface area contributed by atoms with Crippen molar-refractivity contribution in [1.82, 2.24) is 9.97 Å². The second-order valence-corrected chi connectivity index (χ2v) is 4.95. The standard InChI is InChI=1S/C15H28N4O/c1-5-10-20-14-11-12(4)17-15(18-14)19(9-8-16)13(6-2)7-3/h11,13H,5-10,16H2,1-4H3. The summed E-state index contributed by atoms with van der Waals surface area (Å²) in [6.07, 6.45) is 3.08. The van der Waals surface area contributed by atoms with Gasteiger partial charge in [-0.05, 0) is 26.2 Å². The van der Waals surface area contributed by atoms with E-state index >= 15 is 0 Å². The zero-order valence-corrected chi connectivity index (χ0v) is 13.2. The summed E-state index contributed by atoms with van der Waals surface area (Å²) in [4.78, 5) is 11.3. The topological polar surface area (TPSA) is 64.3 Å². The van der Waals surface area contributed by atoms with E-state index in [1.807, 2.05) is 13.0 Å². The maximum absolute atomic E-state index is 5.74. The second kappa shape index (κ2) is 8.74. The molecule has 0 fully saturated rings. The first-order chi connectivity index (χ1) is 9.65. The van der Waals surface area contributed by atoms with Crippen LogP contribution in [0.4, 0.5) is 5.95 Å². The molecule has 0 radical (unpaired) electrons. The molecule has 0 aliphatic carbocycles. The third kappa shape index (κ3) is 4.63. The number of hydrogen-bond donors (Lipinski definition) is 1. The Morgan fingerprint density at radius 1 is 1.25 bits per heavy atom. The molecule has 20 heavy (non-hydrogen) atoms. The van der Waals surface area contributed by atoms with Gasteiger partial charge in [0.25, 0.3) is 0 Å². The van der Waals surface area contributed by atoms with Crippen LogP contribution in [0.15, 0.2) is 6.07 Å². The van der Waals surface area contributed by atoms with Gasteiger partial charge in [-0.25, -0.2) is 4.98 Å². The molecular formula is C15H28N4O. The maximum atomic E-state index is 5.74. The van der Waals surface area contributed by atoms with Gasteiger partial charge in [-0.1, -0.05) is 20.8 Å². The van der Waals surface area contributed by atoms with Crippen LogP contribution < -0.4 is 15.4 Å². The molecule has 1 aromatic rings. The fourth-order valence-corrected chi connectivity index (χ4v) is 2.25. The molecule has 114 valence electrons. The maximum Gasteiger partial charge on any atom is 0.229 e. The van der Waals surface area contributed by atoms with Gasteiger partial charge < -0.3 is 15.4 Å². The third-order valence-corrected chi connectivity index (χ3v) is 3.28. The first kappa shape index (κ1) is 16.7. The molecule has 0 aliphatic rings. The van der Waals surface area contributed by atoms with E-state index in [-0.39, 0.29) is 0 Å². The van der Waals surface area contributed by atoms with Gasteiger partial charge in [0.15, 0.2) is 0 Å². The summed E-state index contributed by atoms with van der Waals surface area (Å²) in [5.41, 5.74) is 6.67. The van der Waals surface area contributed by atoms with E-state index in [0.717, 1.165) is 37.4 Å². The Morgan fingerprint density at radius 3 is 2.50 bits per heavy atom. The Morgan fingerprint density at radius 2 is 1.95 bits per heavy atom. The summed E-state index contributed by atoms with van der Waals surface area (Å²) < 4.78 is 5.64. The molecule has 5 nitrogen and oxygen atoms in total. The fourth-order valence-electron chi connectivity index (χ4n) is 2.25. The monoisotopic (exact) mass is 280 g/mol. The summed E-state index contributed by atoms with van der Waals surface area (Å²) >= 11 is 0. The van der Waals surface area contributed by atoms with E-state index in [0.29, 0.717) is 25.1 Å². The fraction of sp³-hybridized carbons (Fsp3) is 0.733. The SMILES string of the molecule is CCCOc1cc(C)nc(N(CCN)C(CC)CC)n1. The predicted octanol–water partition coefficient (Wildman–Crippen LogP) is 2.53. The molecule has 0 aromatic carbocycles. The zero-order valence-electron chi connectivity index (χ0n) is 13.2. The molecule has 0 spiro atoms. The lowest BCUT2D eigenvalue weighted by Gasteiger charge is -2.30. The van der Waals surface area contributed by atoms with E-state index in [4.69, 9.17) is 10.5 Å². The number of anilines is 1.